The van der Waals surface area contributed by atoms with Gasteiger partial charge < -0.3 is 20.9 Å². The molecule has 0 radical (unpaired) electrons. The van der Waals surface area contributed by atoms with Gasteiger partial charge in [-0.3, -0.25) is 0 Å². The number of anilines is 2. The van der Waals surface area contributed by atoms with Gasteiger partial charge in [0, 0.05) is 32.9 Å². The van der Waals surface area contributed by atoms with E-state index in [9.17, 15) is 4.79 Å². The largest absolute Gasteiger partial charge is 0.363 e. The smallest absolute Gasteiger partial charge is 0.315 e. The van der Waals surface area contributed by atoms with Crippen LogP contribution < -0.4 is 20.9 Å². The van der Waals surface area contributed by atoms with Crippen LogP contribution in [-0.4, -0.2) is 42.7 Å². The molecule has 0 atom stereocenters. The Morgan fingerprint density at radius 3 is 2.15 bits per heavy atom. The number of rotatable bonds is 8. The maximum Gasteiger partial charge on any atom is 0.315 e. The Labute approximate surface area is 202 Å². The minimum Gasteiger partial charge on any atom is -0.363 e. The first-order chi connectivity index (χ1) is 16.6. The van der Waals surface area contributed by atoms with Crippen LogP contribution in [0.2, 0.25) is 0 Å². The summed E-state index contributed by atoms with van der Waals surface area (Å²) in [6.07, 6.45) is 6.00. The van der Waals surface area contributed by atoms with Crippen LogP contribution in [0.15, 0.2) is 72.9 Å². The first kappa shape index (κ1) is 23.5. The van der Waals surface area contributed by atoms with Crippen molar-refractivity contribution in [2.45, 2.75) is 37.8 Å². The minimum absolute atomic E-state index is 0.133. The summed E-state index contributed by atoms with van der Waals surface area (Å²) >= 11 is 0. The lowest BCUT2D eigenvalue weighted by Crippen LogP contribution is -2.41. The predicted octanol–water partition coefficient (Wildman–Crippen LogP) is 4.60. The summed E-state index contributed by atoms with van der Waals surface area (Å²) in [5.41, 5.74) is 2.13. The van der Waals surface area contributed by atoms with Crippen molar-refractivity contribution >= 4 is 17.8 Å². The van der Waals surface area contributed by atoms with Crippen LogP contribution in [0.3, 0.4) is 0 Å². The molecule has 0 aliphatic heterocycles. The Bertz CT molecular complexity index is 996. The lowest BCUT2D eigenvalue weighted by atomic mass is 9.86. The van der Waals surface area contributed by atoms with E-state index >= 15 is 0 Å². The molecular weight excluding hydrogens is 424 g/mol. The molecule has 1 aromatic heterocycles. The highest BCUT2D eigenvalue weighted by atomic mass is 16.2. The zero-order valence-electron chi connectivity index (χ0n) is 19.9. The van der Waals surface area contributed by atoms with E-state index in [-0.39, 0.29) is 12.1 Å². The number of carbonyl (C=O) groups is 1. The third-order valence-electron chi connectivity index (χ3n) is 6.37. The van der Waals surface area contributed by atoms with Gasteiger partial charge in [-0.1, -0.05) is 60.7 Å². The Morgan fingerprint density at radius 2 is 1.56 bits per heavy atom. The fourth-order valence-corrected chi connectivity index (χ4v) is 4.43. The van der Waals surface area contributed by atoms with Crippen molar-refractivity contribution in [1.29, 1.82) is 0 Å². The Morgan fingerprint density at radius 1 is 0.941 bits per heavy atom. The molecule has 1 fully saturated rings. The third kappa shape index (κ3) is 6.47. The first-order valence-corrected chi connectivity index (χ1v) is 12.0. The second kappa shape index (κ2) is 11.5. The molecule has 1 heterocycles. The van der Waals surface area contributed by atoms with E-state index in [1.807, 2.05) is 85.7 Å². The molecule has 0 spiro atoms. The summed E-state index contributed by atoms with van der Waals surface area (Å²) in [6.45, 7) is 0.682. The van der Waals surface area contributed by atoms with Gasteiger partial charge in [-0.25, -0.2) is 9.78 Å². The summed E-state index contributed by atoms with van der Waals surface area (Å²) in [5, 5.41) is 9.74. The van der Waals surface area contributed by atoms with E-state index in [4.69, 9.17) is 0 Å². The molecule has 2 aromatic carbocycles. The van der Waals surface area contributed by atoms with Gasteiger partial charge in [-0.15, -0.1) is 0 Å². The standard InChI is InChI=1S/C27H34N6O/c1-33(2)24-17-18-28-26(31-24)30-23-15-13-20(14-16-23)19-29-27(34)32-25(21-9-5-3-6-10-21)22-11-7-4-8-12-22/h3-12,17-18,20,23,25H,13-16,19H2,1-2H3,(H,28,30,31)(H2,29,32,34). The first-order valence-electron chi connectivity index (χ1n) is 12.0. The van der Waals surface area contributed by atoms with Gasteiger partial charge >= 0.3 is 6.03 Å². The predicted molar refractivity (Wildman–Crippen MR) is 137 cm³/mol. The molecule has 2 amide bonds. The molecule has 1 saturated carbocycles. The highest BCUT2D eigenvalue weighted by Gasteiger charge is 2.23. The van der Waals surface area contributed by atoms with Crippen molar-refractivity contribution in [3.63, 3.8) is 0 Å². The van der Waals surface area contributed by atoms with Crippen LogP contribution >= 0.6 is 0 Å². The van der Waals surface area contributed by atoms with Crippen LogP contribution in [0.5, 0.6) is 0 Å². The molecule has 0 saturated heterocycles. The number of benzene rings is 2. The normalized spacial score (nSPS) is 17.7. The van der Waals surface area contributed by atoms with Gasteiger partial charge in [0.1, 0.15) is 5.82 Å². The maximum atomic E-state index is 12.8. The third-order valence-corrected chi connectivity index (χ3v) is 6.37. The highest BCUT2D eigenvalue weighted by Crippen LogP contribution is 2.26. The number of hydrogen-bond acceptors (Lipinski definition) is 5. The van der Waals surface area contributed by atoms with Crippen molar-refractivity contribution in [2.75, 3.05) is 30.9 Å². The van der Waals surface area contributed by atoms with E-state index in [0.717, 1.165) is 42.6 Å². The quantitative estimate of drug-likeness (QED) is 0.460. The zero-order chi connectivity index (χ0) is 23.8. The summed E-state index contributed by atoms with van der Waals surface area (Å²) in [7, 11) is 3.95. The highest BCUT2D eigenvalue weighted by molar-refractivity contribution is 5.75. The molecule has 7 heteroatoms. The number of nitrogens with zero attached hydrogens (tertiary/aromatic N) is 3. The van der Waals surface area contributed by atoms with E-state index in [1.54, 1.807) is 6.20 Å². The van der Waals surface area contributed by atoms with Crippen LogP contribution in [-0.2, 0) is 0 Å². The van der Waals surface area contributed by atoms with Gasteiger partial charge in [0.25, 0.3) is 0 Å². The number of aromatic nitrogens is 2. The molecule has 0 unspecified atom stereocenters. The van der Waals surface area contributed by atoms with Crippen molar-refractivity contribution < 1.29 is 4.79 Å². The molecule has 3 aromatic rings. The number of hydrogen-bond donors (Lipinski definition) is 3. The van der Waals surface area contributed by atoms with Crippen LogP contribution in [0.1, 0.15) is 42.9 Å². The Hall–Kier alpha value is -3.61. The molecular formula is C27H34N6O. The average Bonchev–Trinajstić information content (AvgIpc) is 2.88. The molecule has 1 aliphatic carbocycles. The van der Waals surface area contributed by atoms with Crippen LogP contribution in [0, 0.1) is 5.92 Å². The summed E-state index contributed by atoms with van der Waals surface area (Å²) in [5.74, 6) is 2.05. The second-order valence-electron chi connectivity index (χ2n) is 9.10. The fourth-order valence-electron chi connectivity index (χ4n) is 4.43. The average molecular weight is 459 g/mol. The monoisotopic (exact) mass is 458 g/mol. The number of urea groups is 1. The van der Waals surface area contributed by atoms with Crippen molar-refractivity contribution in [1.82, 2.24) is 20.6 Å². The van der Waals surface area contributed by atoms with Crippen LogP contribution in [0.4, 0.5) is 16.6 Å². The number of carbonyl (C=O) groups excluding carboxylic acids is 1. The number of amides is 2. The molecule has 7 nitrogen and oxygen atoms in total. The summed E-state index contributed by atoms with van der Waals surface area (Å²) in [4.78, 5) is 23.7. The molecule has 34 heavy (non-hydrogen) atoms. The fraction of sp³-hybridized carbons (Fsp3) is 0.370. The van der Waals surface area contributed by atoms with Crippen LogP contribution in [0.25, 0.3) is 0 Å². The lowest BCUT2D eigenvalue weighted by Gasteiger charge is -2.29. The van der Waals surface area contributed by atoms with E-state index in [1.165, 1.54) is 0 Å². The van der Waals surface area contributed by atoms with Crippen molar-refractivity contribution in [2.24, 2.45) is 5.92 Å². The zero-order valence-corrected chi connectivity index (χ0v) is 19.9. The maximum absolute atomic E-state index is 12.8. The summed E-state index contributed by atoms with van der Waals surface area (Å²) < 4.78 is 0. The van der Waals surface area contributed by atoms with Crippen molar-refractivity contribution in [3.05, 3.63) is 84.1 Å². The van der Waals surface area contributed by atoms with Gasteiger partial charge in [0.15, 0.2) is 0 Å². The molecule has 178 valence electrons. The van der Waals surface area contributed by atoms with E-state index < -0.39 is 0 Å². The lowest BCUT2D eigenvalue weighted by molar-refractivity contribution is 0.233. The SMILES string of the molecule is CN(C)c1ccnc(NC2CCC(CNC(=O)NC(c3ccccc3)c3ccccc3)CC2)n1. The van der Waals surface area contributed by atoms with Gasteiger partial charge in [0.2, 0.25) is 5.95 Å². The van der Waals surface area contributed by atoms with Gasteiger partial charge in [0.05, 0.1) is 6.04 Å². The molecule has 4 rings (SSSR count). The topological polar surface area (TPSA) is 82.2 Å². The molecule has 0 bridgehead atoms. The molecule has 1 aliphatic rings. The Balaban J connectivity index is 1.25. The second-order valence-corrected chi connectivity index (χ2v) is 9.10. The van der Waals surface area contributed by atoms with Gasteiger partial charge in [-0.2, -0.15) is 4.98 Å². The van der Waals surface area contributed by atoms with E-state index in [0.29, 0.717) is 24.5 Å². The van der Waals surface area contributed by atoms with Crippen molar-refractivity contribution in [3.8, 4) is 0 Å². The summed E-state index contributed by atoms with van der Waals surface area (Å²) in [6, 6.07) is 22.1. The minimum atomic E-state index is -0.180. The molecule has 3 N–H and O–H groups in total. The van der Waals surface area contributed by atoms with Gasteiger partial charge in [-0.05, 0) is 48.8 Å². The Kier molecular flexibility index (Phi) is 7.96. The van der Waals surface area contributed by atoms with E-state index in [2.05, 4.69) is 25.9 Å². The number of nitrogens with one attached hydrogen (secondary N) is 3.